The minimum atomic E-state index is -5.60. The average Bonchev–Trinajstić information content (AvgIpc) is 1.01. The van der Waals surface area contributed by atoms with E-state index in [0.717, 1.165) is 0 Å². The fourth-order valence-corrected chi connectivity index (χ4v) is 12.8. The van der Waals surface area contributed by atoms with Crippen molar-refractivity contribution in [2.45, 2.75) is 127 Å². The van der Waals surface area contributed by atoms with Crippen LogP contribution in [0.4, 0.5) is 57.1 Å². The highest BCUT2D eigenvalue weighted by atomic mass is 32.2. The largest absolute Gasteiger partial charge is 0.490 e. The SMILES string of the molecule is COCCN1CCC(C(=O)O)(S(=O)(=O)c2ccc(-c3ccc(CCC(F)(F)C(F)(F)F)cc3)cc2)CC1.COCCN1CCC(C(=O)OC(C)(C)C)(S(=O)(=O)c2ccc(-c3ccc(CCC(F)(F)C(F)(F)F)cc3)cc2)CC1.O=C(O)C(F)(F)F. The highest BCUT2D eigenvalue weighted by Crippen LogP contribution is 2.42. The summed E-state index contributed by atoms with van der Waals surface area (Å²) in [6.45, 7) is 8.51. The van der Waals surface area contributed by atoms with Crippen LogP contribution in [0.25, 0.3) is 22.3 Å². The van der Waals surface area contributed by atoms with Crippen LogP contribution in [0.2, 0.25) is 0 Å². The lowest BCUT2D eigenvalue weighted by molar-refractivity contribution is -0.284. The molecule has 0 radical (unpaired) electrons. The predicted octanol–water partition coefficient (Wildman–Crippen LogP) is 11.5. The lowest BCUT2D eigenvalue weighted by atomic mass is 9.95. The first-order chi connectivity index (χ1) is 39.1. The maximum Gasteiger partial charge on any atom is 0.490 e. The number of carboxylic acids is 2. The number of halogens is 13. The number of carbonyl (C=O) groups is 3. The Labute approximate surface area is 483 Å². The summed E-state index contributed by atoms with van der Waals surface area (Å²) in [5.41, 5.74) is 2.12. The molecule has 0 aliphatic carbocycles. The number of sulfone groups is 2. The molecule has 2 N–H and O–H groups in total. The summed E-state index contributed by atoms with van der Waals surface area (Å²) in [5, 5.41) is 17.0. The van der Waals surface area contributed by atoms with E-state index >= 15 is 0 Å². The number of piperidine rings is 2. The van der Waals surface area contributed by atoms with Gasteiger partial charge in [-0.3, -0.25) is 9.59 Å². The number of ether oxygens (including phenoxy) is 3. The number of rotatable bonds is 20. The van der Waals surface area contributed by atoms with Crippen LogP contribution >= 0.6 is 0 Å². The molecule has 2 heterocycles. The molecule has 2 aliphatic heterocycles. The summed E-state index contributed by atoms with van der Waals surface area (Å²) in [4.78, 5) is 38.3. The Balaban J connectivity index is 0.000000329. The van der Waals surface area contributed by atoms with Gasteiger partial charge in [0.25, 0.3) is 0 Å². The van der Waals surface area contributed by atoms with Crippen LogP contribution in [0.3, 0.4) is 0 Å². The third-order valence-corrected chi connectivity index (χ3v) is 19.2. The van der Waals surface area contributed by atoms with Crippen molar-refractivity contribution >= 4 is 37.6 Å². The number of carboxylic acid groups (broad SMARTS) is 2. The summed E-state index contributed by atoms with van der Waals surface area (Å²) in [5.74, 6) is -14.5. The Morgan fingerprint density at radius 3 is 1.04 bits per heavy atom. The molecule has 0 bridgehead atoms. The monoisotopic (exact) mass is 1270 g/mol. The summed E-state index contributed by atoms with van der Waals surface area (Å²) in [6.07, 6.45) is -19.9. The number of benzene rings is 4. The van der Waals surface area contributed by atoms with Crippen molar-refractivity contribution in [1.82, 2.24) is 9.80 Å². The molecule has 85 heavy (non-hydrogen) atoms. The molecule has 2 saturated heterocycles. The maximum atomic E-state index is 14.0. The molecule has 29 heteroatoms. The lowest BCUT2D eigenvalue weighted by Crippen LogP contribution is -2.56. The number of esters is 1. The molecular weight excluding hydrogens is 1200 g/mol. The molecule has 2 fully saturated rings. The van der Waals surface area contributed by atoms with E-state index in [1.807, 2.05) is 9.80 Å². The topological polar surface area (TPSA) is 194 Å². The second-order valence-electron chi connectivity index (χ2n) is 21.1. The van der Waals surface area contributed by atoms with E-state index in [1.54, 1.807) is 71.4 Å². The molecular formula is C56H65F13N2O12S2. The maximum absolute atomic E-state index is 14.0. The molecule has 14 nitrogen and oxygen atoms in total. The zero-order chi connectivity index (χ0) is 64.3. The number of nitrogens with zero attached hydrogens (tertiary/aromatic N) is 2. The third kappa shape index (κ3) is 18.3. The van der Waals surface area contributed by atoms with Crippen molar-refractivity contribution in [3.05, 3.63) is 108 Å². The van der Waals surface area contributed by atoms with E-state index in [-0.39, 0.29) is 35.5 Å². The van der Waals surface area contributed by atoms with Gasteiger partial charge >= 0.3 is 48.3 Å². The molecule has 0 unspecified atom stereocenters. The molecule has 0 saturated carbocycles. The molecule has 0 spiro atoms. The van der Waals surface area contributed by atoms with E-state index < -0.39 is 109 Å². The second kappa shape index (κ2) is 28.3. The van der Waals surface area contributed by atoms with Gasteiger partial charge in [0.2, 0.25) is 0 Å². The van der Waals surface area contributed by atoms with E-state index in [2.05, 4.69) is 0 Å². The molecule has 4 aromatic carbocycles. The molecule has 0 aromatic heterocycles. The van der Waals surface area contributed by atoms with Crippen molar-refractivity contribution in [1.29, 1.82) is 0 Å². The van der Waals surface area contributed by atoms with Gasteiger partial charge in [0.1, 0.15) is 5.60 Å². The molecule has 4 aromatic rings. The first-order valence-electron chi connectivity index (χ1n) is 26.1. The van der Waals surface area contributed by atoms with Crippen molar-refractivity contribution in [3.63, 3.8) is 0 Å². The number of likely N-dealkylation sites (tertiary alicyclic amines) is 2. The number of carbonyl (C=O) groups excluding carboxylic acids is 1. The molecule has 474 valence electrons. The number of hydrogen-bond donors (Lipinski definition) is 2. The Bertz CT molecular complexity index is 3060. The van der Waals surface area contributed by atoms with E-state index in [4.69, 9.17) is 24.1 Å². The van der Waals surface area contributed by atoms with Gasteiger partial charge in [-0.15, -0.1) is 0 Å². The van der Waals surface area contributed by atoms with E-state index in [9.17, 15) is 88.6 Å². The predicted molar refractivity (Wildman–Crippen MR) is 285 cm³/mol. The minimum Gasteiger partial charge on any atom is -0.480 e. The van der Waals surface area contributed by atoms with Gasteiger partial charge < -0.3 is 34.2 Å². The van der Waals surface area contributed by atoms with E-state index in [1.165, 1.54) is 60.7 Å². The molecule has 0 amide bonds. The van der Waals surface area contributed by atoms with Gasteiger partial charge in [-0.1, -0.05) is 72.8 Å². The molecule has 6 rings (SSSR count). The number of aryl methyl sites for hydroxylation is 2. The van der Waals surface area contributed by atoms with Gasteiger partial charge in [-0.25, -0.2) is 21.6 Å². The first kappa shape index (κ1) is 71.6. The Hall–Kier alpha value is -5.88. The van der Waals surface area contributed by atoms with Crippen LogP contribution < -0.4 is 0 Å². The fourth-order valence-electron chi connectivity index (χ4n) is 8.99. The minimum absolute atomic E-state index is 0.0385. The van der Waals surface area contributed by atoms with E-state index in [0.29, 0.717) is 85.9 Å². The highest BCUT2D eigenvalue weighted by molar-refractivity contribution is 7.94. The van der Waals surface area contributed by atoms with Gasteiger partial charge in [0.15, 0.2) is 29.2 Å². The highest BCUT2D eigenvalue weighted by Gasteiger charge is 2.58. The van der Waals surface area contributed by atoms with Crippen molar-refractivity contribution < 1.29 is 113 Å². The standard InChI is InChI=1S/C29H36F5NO5S.C25H28F5NO5S.C2HF3O2/c1-26(2,3)40-25(36)27(15-17-35(18-16-27)19-20-39-4)41(37,38)24-11-9-23(10-12-24)22-7-5-21(6-8-22)13-14-28(30,31)29(32,33)34;1-36-17-16-31-14-12-23(13-15-31,22(32)33)37(34,35)21-8-6-20(7-9-21)19-4-2-18(3-5-19)10-11-24(26,27)25(28,29)30;3-2(4,5)1(6)7/h5-12H,13-20H2,1-4H3;2-9H,10-17H2,1H3,(H,32,33);(H,6,7). The van der Waals surface area contributed by atoms with Gasteiger partial charge in [0.05, 0.1) is 23.0 Å². The summed E-state index contributed by atoms with van der Waals surface area (Å²) in [7, 11) is -5.27. The van der Waals surface area contributed by atoms with Crippen molar-refractivity contribution in [3.8, 4) is 22.3 Å². The van der Waals surface area contributed by atoms with Crippen LogP contribution in [0.5, 0.6) is 0 Å². The normalized spacial score (nSPS) is 16.5. The van der Waals surface area contributed by atoms with Crippen LogP contribution in [-0.4, -0.2) is 167 Å². The number of aliphatic carboxylic acids is 2. The average molecular weight is 1270 g/mol. The number of hydrogen-bond acceptors (Lipinski definition) is 12. The van der Waals surface area contributed by atoms with Crippen LogP contribution in [-0.2, 0) is 61.1 Å². The van der Waals surface area contributed by atoms with Crippen molar-refractivity contribution in [2.24, 2.45) is 0 Å². The van der Waals surface area contributed by atoms with Crippen LogP contribution in [0, 0.1) is 0 Å². The lowest BCUT2D eigenvalue weighted by Gasteiger charge is -2.40. The zero-order valence-electron chi connectivity index (χ0n) is 46.7. The quantitative estimate of drug-likeness (QED) is 0.0627. The summed E-state index contributed by atoms with van der Waals surface area (Å²) in [6, 6.07) is 23.6. The smallest absolute Gasteiger partial charge is 0.480 e. The van der Waals surface area contributed by atoms with Crippen LogP contribution in [0.15, 0.2) is 107 Å². The first-order valence-corrected chi connectivity index (χ1v) is 29.0. The fraction of sp³-hybridized carbons (Fsp3) is 0.518. The molecule has 0 atom stereocenters. The Morgan fingerprint density at radius 2 is 0.776 bits per heavy atom. The summed E-state index contributed by atoms with van der Waals surface area (Å²) < 4.78 is 226. The second-order valence-corrected chi connectivity index (χ2v) is 25.6. The van der Waals surface area contributed by atoms with Crippen LogP contribution in [0.1, 0.15) is 70.4 Å². The van der Waals surface area contributed by atoms with Gasteiger partial charge in [-0.05, 0) is 117 Å². The Kier molecular flexibility index (Phi) is 23.8. The third-order valence-electron chi connectivity index (χ3n) is 14.2. The van der Waals surface area contributed by atoms with Gasteiger partial charge in [0, 0.05) is 66.3 Å². The summed E-state index contributed by atoms with van der Waals surface area (Å²) >= 11 is 0. The number of methoxy groups -OCH3 is 2. The zero-order valence-corrected chi connectivity index (χ0v) is 48.3. The van der Waals surface area contributed by atoms with Crippen molar-refractivity contribution in [2.75, 3.05) is 66.7 Å². The Morgan fingerprint density at radius 1 is 0.494 bits per heavy atom. The van der Waals surface area contributed by atoms with Gasteiger partial charge in [-0.2, -0.15) is 57.1 Å². The number of alkyl halides is 13. The molecule has 2 aliphatic rings.